The average Bonchev–Trinajstić information content (AvgIpc) is 2.71. The molecule has 0 bridgehead atoms. The molecule has 1 atom stereocenters. The zero-order valence-corrected chi connectivity index (χ0v) is 11.1. The predicted octanol–water partition coefficient (Wildman–Crippen LogP) is 3.79. The molecule has 1 aliphatic rings. The van der Waals surface area contributed by atoms with Crippen LogP contribution in [0.1, 0.15) is 30.6 Å². The van der Waals surface area contributed by atoms with Gasteiger partial charge in [0.1, 0.15) is 5.75 Å². The Morgan fingerprint density at radius 3 is 2.72 bits per heavy atom. The monoisotopic (exact) mass is 242 g/mol. The van der Waals surface area contributed by atoms with E-state index in [0.717, 1.165) is 11.3 Å². The van der Waals surface area contributed by atoms with Crippen molar-refractivity contribution in [2.75, 3.05) is 7.11 Å². The van der Waals surface area contributed by atoms with Gasteiger partial charge in [0, 0.05) is 17.9 Å². The molecule has 2 heteroatoms. The van der Waals surface area contributed by atoms with Gasteiger partial charge >= 0.3 is 0 Å². The van der Waals surface area contributed by atoms with Crippen molar-refractivity contribution < 1.29 is 9.53 Å². The largest absolute Gasteiger partial charge is 0.497 e. The highest BCUT2D eigenvalue weighted by molar-refractivity contribution is 5.97. The number of hydrogen-bond donors (Lipinski definition) is 0. The Hall–Kier alpha value is -1.83. The lowest BCUT2D eigenvalue weighted by Crippen LogP contribution is -2.07. The van der Waals surface area contributed by atoms with Gasteiger partial charge in [0.15, 0.2) is 5.78 Å². The molecule has 1 aromatic carbocycles. The quantitative estimate of drug-likeness (QED) is 0.751. The van der Waals surface area contributed by atoms with Crippen LogP contribution in [0.2, 0.25) is 0 Å². The number of ether oxygens (including phenoxy) is 1. The van der Waals surface area contributed by atoms with E-state index in [2.05, 4.69) is 26.0 Å². The lowest BCUT2D eigenvalue weighted by Gasteiger charge is -2.10. The number of benzene rings is 1. The minimum Gasteiger partial charge on any atom is -0.497 e. The number of carbonyl (C=O) groups is 1. The van der Waals surface area contributed by atoms with Gasteiger partial charge in [0.2, 0.25) is 0 Å². The minimum absolute atomic E-state index is 0.164. The van der Waals surface area contributed by atoms with Crippen LogP contribution >= 0.6 is 0 Å². The molecule has 0 radical (unpaired) electrons. The molecule has 0 aliphatic heterocycles. The molecule has 0 N–H and O–H groups in total. The van der Waals surface area contributed by atoms with Gasteiger partial charge in [-0.25, -0.2) is 0 Å². The van der Waals surface area contributed by atoms with E-state index in [1.54, 1.807) is 13.2 Å². The number of rotatable bonds is 4. The Balaban J connectivity index is 2.11. The number of carbonyl (C=O) groups excluding carboxylic acids is 1. The number of allylic oxidation sites excluding steroid dienone is 4. The molecule has 0 fully saturated rings. The predicted molar refractivity (Wildman–Crippen MR) is 72.9 cm³/mol. The van der Waals surface area contributed by atoms with Crippen LogP contribution in [0, 0.1) is 5.92 Å². The molecule has 0 aromatic heterocycles. The Labute approximate surface area is 108 Å². The van der Waals surface area contributed by atoms with Crippen molar-refractivity contribution in [1.82, 2.24) is 0 Å². The Morgan fingerprint density at radius 2 is 2.11 bits per heavy atom. The standard InChI is InChI=1S/C16H18O2/c1-11-7-8-13(12(11)2)10-16(17)14-5-4-6-15(9-14)18-3/h4-9,13H,10H2,1-3H3. The summed E-state index contributed by atoms with van der Waals surface area (Å²) in [6.45, 7) is 4.18. The zero-order valence-electron chi connectivity index (χ0n) is 11.1. The third kappa shape index (κ3) is 2.53. The van der Waals surface area contributed by atoms with Crippen LogP contribution in [0.3, 0.4) is 0 Å². The van der Waals surface area contributed by atoms with E-state index in [1.165, 1.54) is 11.1 Å². The first kappa shape index (κ1) is 12.6. The van der Waals surface area contributed by atoms with Crippen molar-refractivity contribution >= 4 is 5.78 Å². The Bertz CT molecular complexity index is 524. The highest BCUT2D eigenvalue weighted by Crippen LogP contribution is 2.28. The van der Waals surface area contributed by atoms with E-state index >= 15 is 0 Å². The van der Waals surface area contributed by atoms with Gasteiger partial charge in [-0.2, -0.15) is 0 Å². The van der Waals surface area contributed by atoms with Gasteiger partial charge in [-0.15, -0.1) is 0 Å². The van der Waals surface area contributed by atoms with E-state index in [1.807, 2.05) is 18.2 Å². The van der Waals surface area contributed by atoms with Crippen LogP contribution in [-0.4, -0.2) is 12.9 Å². The molecule has 2 rings (SSSR count). The summed E-state index contributed by atoms with van der Waals surface area (Å²) in [6.07, 6.45) is 4.74. The smallest absolute Gasteiger partial charge is 0.163 e. The second kappa shape index (κ2) is 5.21. The molecule has 0 amide bonds. The first-order valence-corrected chi connectivity index (χ1v) is 6.14. The molecular weight excluding hydrogens is 224 g/mol. The van der Waals surface area contributed by atoms with Crippen LogP contribution in [0.4, 0.5) is 0 Å². The van der Waals surface area contributed by atoms with Crippen molar-refractivity contribution in [3.63, 3.8) is 0 Å². The maximum absolute atomic E-state index is 12.2. The number of Topliss-reactive ketones (excluding diaryl/α,β-unsaturated/α-hetero) is 1. The maximum Gasteiger partial charge on any atom is 0.163 e. The first-order valence-electron chi connectivity index (χ1n) is 6.14. The second-order valence-electron chi connectivity index (χ2n) is 4.69. The molecular formula is C16H18O2. The van der Waals surface area contributed by atoms with Gasteiger partial charge in [-0.05, 0) is 26.0 Å². The fraction of sp³-hybridized carbons (Fsp3) is 0.312. The summed E-state index contributed by atoms with van der Waals surface area (Å²) in [5.74, 6) is 1.15. The molecule has 1 aromatic rings. The number of methoxy groups -OCH3 is 1. The molecule has 0 heterocycles. The molecule has 18 heavy (non-hydrogen) atoms. The molecule has 1 aliphatic carbocycles. The third-order valence-electron chi connectivity index (χ3n) is 3.55. The number of ketones is 1. The summed E-state index contributed by atoms with van der Waals surface area (Å²) in [5.41, 5.74) is 3.30. The van der Waals surface area contributed by atoms with Crippen molar-refractivity contribution in [2.24, 2.45) is 5.92 Å². The van der Waals surface area contributed by atoms with Gasteiger partial charge in [-0.3, -0.25) is 4.79 Å². The third-order valence-corrected chi connectivity index (χ3v) is 3.55. The second-order valence-corrected chi connectivity index (χ2v) is 4.69. The highest BCUT2D eigenvalue weighted by Gasteiger charge is 2.19. The van der Waals surface area contributed by atoms with Crippen molar-refractivity contribution in [3.8, 4) is 5.75 Å². The topological polar surface area (TPSA) is 26.3 Å². The summed E-state index contributed by atoms with van der Waals surface area (Å²) >= 11 is 0. The van der Waals surface area contributed by atoms with Crippen LogP contribution in [-0.2, 0) is 0 Å². The summed E-state index contributed by atoms with van der Waals surface area (Å²) < 4.78 is 5.14. The van der Waals surface area contributed by atoms with Crippen molar-refractivity contribution in [1.29, 1.82) is 0 Å². The molecule has 1 unspecified atom stereocenters. The van der Waals surface area contributed by atoms with Crippen LogP contribution < -0.4 is 4.74 Å². The van der Waals surface area contributed by atoms with Crippen LogP contribution in [0.5, 0.6) is 5.75 Å². The lowest BCUT2D eigenvalue weighted by atomic mass is 9.94. The Kier molecular flexibility index (Phi) is 3.66. The van der Waals surface area contributed by atoms with Crippen molar-refractivity contribution in [2.45, 2.75) is 20.3 Å². The van der Waals surface area contributed by atoms with Gasteiger partial charge < -0.3 is 4.74 Å². The molecule has 0 spiro atoms. The van der Waals surface area contributed by atoms with Crippen LogP contribution in [0.15, 0.2) is 47.6 Å². The van der Waals surface area contributed by atoms with Gasteiger partial charge in [0.05, 0.1) is 7.11 Å². The van der Waals surface area contributed by atoms with Gasteiger partial charge in [-0.1, -0.05) is 35.4 Å². The lowest BCUT2D eigenvalue weighted by molar-refractivity contribution is 0.0973. The normalized spacial score (nSPS) is 18.3. The van der Waals surface area contributed by atoms with Crippen LogP contribution in [0.25, 0.3) is 0 Å². The number of hydrogen-bond acceptors (Lipinski definition) is 2. The fourth-order valence-corrected chi connectivity index (χ4v) is 2.16. The summed E-state index contributed by atoms with van der Waals surface area (Å²) in [6, 6.07) is 7.34. The molecule has 94 valence electrons. The maximum atomic E-state index is 12.2. The SMILES string of the molecule is COc1cccc(C(=O)CC2C=CC(C)=C2C)c1. The van der Waals surface area contributed by atoms with Gasteiger partial charge in [0.25, 0.3) is 0 Å². The fourth-order valence-electron chi connectivity index (χ4n) is 2.16. The molecule has 0 saturated carbocycles. The average molecular weight is 242 g/mol. The first-order chi connectivity index (χ1) is 8.61. The summed E-state index contributed by atoms with van der Waals surface area (Å²) in [5, 5.41) is 0. The summed E-state index contributed by atoms with van der Waals surface area (Å²) in [7, 11) is 1.61. The Morgan fingerprint density at radius 1 is 1.33 bits per heavy atom. The summed E-state index contributed by atoms with van der Waals surface area (Å²) in [4.78, 5) is 12.2. The van der Waals surface area contributed by atoms with E-state index in [4.69, 9.17) is 4.74 Å². The molecule has 2 nitrogen and oxygen atoms in total. The highest BCUT2D eigenvalue weighted by atomic mass is 16.5. The van der Waals surface area contributed by atoms with Crippen molar-refractivity contribution in [3.05, 3.63) is 53.1 Å². The minimum atomic E-state index is 0.164. The van der Waals surface area contributed by atoms with E-state index < -0.39 is 0 Å². The van der Waals surface area contributed by atoms with E-state index in [-0.39, 0.29) is 11.7 Å². The van der Waals surface area contributed by atoms with E-state index in [9.17, 15) is 4.79 Å². The zero-order chi connectivity index (χ0) is 13.1. The molecule has 0 saturated heterocycles. The van der Waals surface area contributed by atoms with E-state index in [0.29, 0.717) is 6.42 Å².